The number of nitrogens with zero attached hydrogens (tertiary/aromatic N) is 2. The van der Waals surface area contributed by atoms with E-state index >= 15 is 0 Å². The van der Waals surface area contributed by atoms with Gasteiger partial charge < -0.3 is 19.3 Å². The summed E-state index contributed by atoms with van der Waals surface area (Å²) in [6, 6.07) is 6.67. The van der Waals surface area contributed by atoms with E-state index in [2.05, 4.69) is 24.1 Å². The zero-order valence-electron chi connectivity index (χ0n) is 15.9. The lowest BCUT2D eigenvalue weighted by molar-refractivity contribution is 0.0223. The minimum atomic E-state index is -0.463. The molecule has 1 amide bonds. The number of ether oxygens (including phenoxy) is 2. The number of carbonyl (C=O) groups excluding carboxylic acids is 1. The zero-order chi connectivity index (χ0) is 18.0. The predicted molar refractivity (Wildman–Crippen MR) is 97.9 cm³/mol. The normalized spacial score (nSPS) is 21.1. The van der Waals surface area contributed by atoms with Gasteiger partial charge in [0.25, 0.3) is 0 Å². The molecule has 0 radical (unpaired) electrons. The van der Waals surface area contributed by atoms with Crippen molar-refractivity contribution in [2.24, 2.45) is 0 Å². The number of amides is 1. The molecule has 2 aliphatic heterocycles. The number of fused-ring (bicyclic) bond motifs is 1. The highest BCUT2D eigenvalue weighted by Crippen LogP contribution is 2.29. The minimum Gasteiger partial charge on any atom is -0.492 e. The molecule has 25 heavy (non-hydrogen) atoms. The Labute approximate surface area is 150 Å². The second kappa shape index (κ2) is 7.24. The number of likely N-dealkylation sites (tertiary alicyclic amines) is 1. The van der Waals surface area contributed by atoms with Gasteiger partial charge in [-0.2, -0.15) is 0 Å². The molecule has 0 saturated carbocycles. The Bertz CT molecular complexity index is 624. The van der Waals surface area contributed by atoms with Gasteiger partial charge in [0.2, 0.25) is 0 Å². The monoisotopic (exact) mass is 346 g/mol. The molecular formula is C20H30N2O3. The van der Waals surface area contributed by atoms with Crippen LogP contribution in [0.4, 0.5) is 4.79 Å². The number of hydrogen-bond donors (Lipinski definition) is 0. The molecule has 0 spiro atoms. The molecule has 1 fully saturated rings. The molecule has 3 rings (SSSR count). The van der Waals surface area contributed by atoms with E-state index in [0.717, 1.165) is 30.9 Å². The highest BCUT2D eigenvalue weighted by atomic mass is 16.6. The van der Waals surface area contributed by atoms with Crippen LogP contribution in [-0.4, -0.2) is 54.3 Å². The molecule has 0 aromatic heterocycles. The molecule has 0 N–H and O–H groups in total. The van der Waals surface area contributed by atoms with Crippen molar-refractivity contribution in [3.05, 3.63) is 29.3 Å². The summed E-state index contributed by atoms with van der Waals surface area (Å²) in [7, 11) is 2.17. The number of likely N-dealkylation sites (N-methyl/N-ethyl adjacent to an activating group) is 1. The Morgan fingerprint density at radius 3 is 2.76 bits per heavy atom. The number of benzene rings is 1. The van der Waals surface area contributed by atoms with Crippen LogP contribution < -0.4 is 4.74 Å². The molecule has 5 heteroatoms. The predicted octanol–water partition coefficient (Wildman–Crippen LogP) is 3.45. The van der Waals surface area contributed by atoms with Gasteiger partial charge in [0, 0.05) is 24.7 Å². The molecule has 2 aliphatic rings. The summed E-state index contributed by atoms with van der Waals surface area (Å²) in [5.74, 6) is 0.974. The largest absolute Gasteiger partial charge is 0.492 e. The highest BCUT2D eigenvalue weighted by molar-refractivity contribution is 5.69. The molecule has 0 aliphatic carbocycles. The third-order valence-electron chi connectivity index (χ3n) is 4.98. The maximum absolute atomic E-state index is 12.3. The molecule has 5 nitrogen and oxygen atoms in total. The Hall–Kier alpha value is -1.75. The molecule has 0 bridgehead atoms. The van der Waals surface area contributed by atoms with E-state index in [1.165, 1.54) is 18.4 Å². The Balaban J connectivity index is 1.65. The molecule has 138 valence electrons. The number of hydrogen-bond acceptors (Lipinski definition) is 4. The molecule has 1 aromatic carbocycles. The fourth-order valence-electron chi connectivity index (χ4n) is 3.57. The molecule has 1 aromatic rings. The van der Waals surface area contributed by atoms with Crippen LogP contribution in [-0.2, 0) is 17.7 Å². The summed E-state index contributed by atoms with van der Waals surface area (Å²) in [6.07, 6.45) is 3.03. The van der Waals surface area contributed by atoms with E-state index in [9.17, 15) is 4.79 Å². The third-order valence-corrected chi connectivity index (χ3v) is 4.98. The lowest BCUT2D eigenvalue weighted by Crippen LogP contribution is -2.40. The molecule has 2 heterocycles. The van der Waals surface area contributed by atoms with Crippen LogP contribution in [0.2, 0.25) is 0 Å². The second-order valence-electron chi connectivity index (χ2n) is 8.13. The van der Waals surface area contributed by atoms with Gasteiger partial charge in [-0.1, -0.05) is 12.1 Å². The SMILES string of the molecule is CN1CCCC1COc1cccc2c1CCN(C(=O)OC(C)(C)C)C2. The van der Waals surface area contributed by atoms with Crippen molar-refractivity contribution in [2.75, 3.05) is 26.7 Å². The molecule has 1 atom stereocenters. The molecular weight excluding hydrogens is 316 g/mol. The van der Waals surface area contributed by atoms with Crippen molar-refractivity contribution in [2.45, 2.75) is 58.2 Å². The van der Waals surface area contributed by atoms with Crippen LogP contribution in [0.25, 0.3) is 0 Å². The van der Waals surface area contributed by atoms with Gasteiger partial charge in [-0.15, -0.1) is 0 Å². The maximum Gasteiger partial charge on any atom is 0.410 e. The Kier molecular flexibility index (Phi) is 5.23. The van der Waals surface area contributed by atoms with Crippen molar-refractivity contribution in [1.82, 2.24) is 9.80 Å². The zero-order valence-corrected chi connectivity index (χ0v) is 15.9. The first-order valence-electron chi connectivity index (χ1n) is 9.25. The topological polar surface area (TPSA) is 42.0 Å². The third kappa shape index (κ3) is 4.46. The van der Waals surface area contributed by atoms with Crippen LogP contribution in [0.15, 0.2) is 18.2 Å². The quantitative estimate of drug-likeness (QED) is 0.841. The van der Waals surface area contributed by atoms with E-state index in [0.29, 0.717) is 19.1 Å². The Morgan fingerprint density at radius 2 is 2.08 bits per heavy atom. The standard InChI is InChI=1S/C20H30N2O3/c1-20(2,3)25-19(23)22-12-10-17-15(13-22)7-5-9-18(17)24-14-16-8-6-11-21(16)4/h5,7,9,16H,6,8,10-14H2,1-4H3. The van der Waals surface area contributed by atoms with E-state index in [-0.39, 0.29) is 6.09 Å². The minimum absolute atomic E-state index is 0.239. The van der Waals surface area contributed by atoms with Gasteiger partial charge >= 0.3 is 6.09 Å². The van der Waals surface area contributed by atoms with Gasteiger partial charge in [0.05, 0.1) is 0 Å². The van der Waals surface area contributed by atoms with Crippen molar-refractivity contribution >= 4 is 6.09 Å². The van der Waals surface area contributed by atoms with Crippen LogP contribution in [0.5, 0.6) is 5.75 Å². The average Bonchev–Trinajstić information content (AvgIpc) is 2.96. The summed E-state index contributed by atoms with van der Waals surface area (Å²) < 4.78 is 11.7. The first kappa shape index (κ1) is 18.1. The van der Waals surface area contributed by atoms with E-state index in [1.807, 2.05) is 26.8 Å². The summed E-state index contributed by atoms with van der Waals surface area (Å²) in [6.45, 7) is 8.85. The van der Waals surface area contributed by atoms with Gasteiger partial charge in [0.15, 0.2) is 0 Å². The van der Waals surface area contributed by atoms with E-state index in [4.69, 9.17) is 9.47 Å². The lowest BCUT2D eigenvalue weighted by atomic mass is 9.99. The van der Waals surface area contributed by atoms with Crippen LogP contribution in [0.3, 0.4) is 0 Å². The Morgan fingerprint density at radius 1 is 1.28 bits per heavy atom. The van der Waals surface area contributed by atoms with E-state index in [1.54, 1.807) is 4.90 Å². The van der Waals surface area contributed by atoms with Crippen molar-refractivity contribution < 1.29 is 14.3 Å². The highest BCUT2D eigenvalue weighted by Gasteiger charge is 2.27. The van der Waals surface area contributed by atoms with Crippen molar-refractivity contribution in [1.29, 1.82) is 0 Å². The summed E-state index contributed by atoms with van der Waals surface area (Å²) in [5, 5.41) is 0. The van der Waals surface area contributed by atoms with E-state index < -0.39 is 5.60 Å². The second-order valence-corrected chi connectivity index (χ2v) is 8.13. The fraction of sp³-hybridized carbons (Fsp3) is 0.650. The van der Waals surface area contributed by atoms with Crippen molar-refractivity contribution in [3.8, 4) is 5.75 Å². The number of carbonyl (C=O) groups is 1. The van der Waals surface area contributed by atoms with Crippen LogP contribution in [0.1, 0.15) is 44.7 Å². The van der Waals surface area contributed by atoms with Gasteiger partial charge in [0.1, 0.15) is 18.0 Å². The van der Waals surface area contributed by atoms with Gasteiger partial charge in [-0.05, 0) is 65.3 Å². The first-order valence-corrected chi connectivity index (χ1v) is 9.25. The molecule has 1 unspecified atom stereocenters. The van der Waals surface area contributed by atoms with Crippen LogP contribution >= 0.6 is 0 Å². The smallest absolute Gasteiger partial charge is 0.410 e. The lowest BCUT2D eigenvalue weighted by Gasteiger charge is -2.32. The first-order chi connectivity index (χ1) is 11.8. The summed E-state index contributed by atoms with van der Waals surface area (Å²) in [4.78, 5) is 16.5. The molecule has 1 saturated heterocycles. The maximum atomic E-state index is 12.3. The van der Waals surface area contributed by atoms with Gasteiger partial charge in [-0.3, -0.25) is 0 Å². The number of rotatable bonds is 3. The summed E-state index contributed by atoms with van der Waals surface area (Å²) >= 11 is 0. The average molecular weight is 346 g/mol. The van der Waals surface area contributed by atoms with Gasteiger partial charge in [-0.25, -0.2) is 4.79 Å². The van der Waals surface area contributed by atoms with Crippen LogP contribution in [0, 0.1) is 0 Å². The summed E-state index contributed by atoms with van der Waals surface area (Å²) in [5.41, 5.74) is 1.94. The van der Waals surface area contributed by atoms with Crippen molar-refractivity contribution in [3.63, 3.8) is 0 Å². The fourth-order valence-corrected chi connectivity index (χ4v) is 3.57.